The fourth-order valence-corrected chi connectivity index (χ4v) is 1.90. The van der Waals surface area contributed by atoms with E-state index in [9.17, 15) is 0 Å². The van der Waals surface area contributed by atoms with Crippen LogP contribution in [0, 0.1) is 0 Å². The lowest BCUT2D eigenvalue weighted by atomic mass is 10.2. The first-order valence-corrected chi connectivity index (χ1v) is 5.86. The van der Waals surface area contributed by atoms with Gasteiger partial charge in [-0.1, -0.05) is 6.92 Å². The third-order valence-corrected chi connectivity index (χ3v) is 2.73. The van der Waals surface area contributed by atoms with Crippen molar-refractivity contribution in [2.45, 2.75) is 25.8 Å². The Labute approximate surface area is 96.3 Å². The van der Waals surface area contributed by atoms with Crippen LogP contribution >= 0.6 is 0 Å². The Kier molecular flexibility index (Phi) is 3.62. The van der Waals surface area contributed by atoms with E-state index in [0.717, 1.165) is 37.6 Å². The van der Waals surface area contributed by atoms with Gasteiger partial charge < -0.3 is 14.6 Å². The van der Waals surface area contributed by atoms with Crippen LogP contribution < -0.4 is 5.32 Å². The lowest BCUT2D eigenvalue weighted by molar-refractivity contribution is 0.212. The molecule has 0 fully saturated rings. The van der Waals surface area contributed by atoms with Crippen LogP contribution in [-0.4, -0.2) is 22.7 Å². The van der Waals surface area contributed by atoms with Gasteiger partial charge in [0.2, 0.25) is 0 Å². The molecule has 16 heavy (non-hydrogen) atoms. The molecule has 1 unspecified atom stereocenters. The van der Waals surface area contributed by atoms with Gasteiger partial charge in [-0.2, -0.15) is 0 Å². The largest absolute Gasteiger partial charge is 0.496 e. The summed E-state index contributed by atoms with van der Waals surface area (Å²) in [5.74, 6) is 2.03. The standard InChI is InChI=1S/C12H19N3O/c1-3-6-13-11(10-5-4-9-16-10)12-14-7-8-15(12)2/h5,7-8,11,13H,3-4,6,9H2,1-2H3. The van der Waals surface area contributed by atoms with Crippen molar-refractivity contribution in [3.8, 4) is 0 Å². The number of rotatable bonds is 5. The summed E-state index contributed by atoms with van der Waals surface area (Å²) in [5, 5.41) is 3.48. The summed E-state index contributed by atoms with van der Waals surface area (Å²) in [6, 6.07) is 0.0995. The first kappa shape index (κ1) is 11.2. The second-order valence-corrected chi connectivity index (χ2v) is 4.03. The molecule has 0 aliphatic carbocycles. The Morgan fingerprint density at radius 2 is 2.50 bits per heavy atom. The van der Waals surface area contributed by atoms with E-state index in [0.29, 0.717) is 0 Å². The summed E-state index contributed by atoms with van der Waals surface area (Å²) in [5.41, 5.74) is 0. The zero-order chi connectivity index (χ0) is 11.4. The van der Waals surface area contributed by atoms with E-state index >= 15 is 0 Å². The smallest absolute Gasteiger partial charge is 0.133 e. The second-order valence-electron chi connectivity index (χ2n) is 4.03. The van der Waals surface area contributed by atoms with Gasteiger partial charge in [-0.3, -0.25) is 0 Å². The summed E-state index contributed by atoms with van der Waals surface area (Å²) >= 11 is 0. The minimum atomic E-state index is 0.0995. The Morgan fingerprint density at radius 3 is 3.06 bits per heavy atom. The van der Waals surface area contributed by atoms with Gasteiger partial charge in [0.1, 0.15) is 17.6 Å². The van der Waals surface area contributed by atoms with E-state index in [1.54, 1.807) is 0 Å². The average Bonchev–Trinajstić information content (AvgIpc) is 2.91. The van der Waals surface area contributed by atoms with Gasteiger partial charge in [-0.25, -0.2) is 4.98 Å². The lowest BCUT2D eigenvalue weighted by Crippen LogP contribution is -2.26. The summed E-state index contributed by atoms with van der Waals surface area (Å²) in [7, 11) is 2.01. The molecule has 1 N–H and O–H groups in total. The number of imidazole rings is 1. The van der Waals surface area contributed by atoms with Crippen LogP contribution in [0.3, 0.4) is 0 Å². The van der Waals surface area contributed by atoms with Crippen molar-refractivity contribution in [2.24, 2.45) is 7.05 Å². The molecular weight excluding hydrogens is 202 g/mol. The van der Waals surface area contributed by atoms with Crippen LogP contribution in [0.5, 0.6) is 0 Å². The van der Waals surface area contributed by atoms with Crippen molar-refractivity contribution in [2.75, 3.05) is 13.2 Å². The molecule has 4 nitrogen and oxygen atoms in total. The molecule has 0 spiro atoms. The molecule has 0 amide bonds. The molecule has 2 rings (SSSR count). The number of nitrogens with zero attached hydrogens (tertiary/aromatic N) is 2. The zero-order valence-electron chi connectivity index (χ0n) is 9.94. The first-order valence-electron chi connectivity index (χ1n) is 5.86. The summed E-state index contributed by atoms with van der Waals surface area (Å²) in [6.45, 7) is 3.93. The number of aryl methyl sites for hydroxylation is 1. The highest BCUT2D eigenvalue weighted by Crippen LogP contribution is 2.24. The molecule has 0 saturated carbocycles. The van der Waals surface area contributed by atoms with Gasteiger partial charge in [-0.15, -0.1) is 0 Å². The lowest BCUT2D eigenvalue weighted by Gasteiger charge is -2.19. The molecule has 1 atom stereocenters. The number of ether oxygens (including phenoxy) is 1. The van der Waals surface area contributed by atoms with E-state index in [-0.39, 0.29) is 6.04 Å². The molecule has 1 aliphatic rings. The predicted molar refractivity (Wildman–Crippen MR) is 62.9 cm³/mol. The molecule has 1 aliphatic heterocycles. The maximum Gasteiger partial charge on any atom is 0.133 e. The number of hydrogen-bond donors (Lipinski definition) is 1. The normalized spacial score (nSPS) is 17.0. The summed E-state index contributed by atoms with van der Waals surface area (Å²) in [4.78, 5) is 4.39. The quantitative estimate of drug-likeness (QED) is 0.823. The van der Waals surface area contributed by atoms with Crippen molar-refractivity contribution in [3.05, 3.63) is 30.1 Å². The Morgan fingerprint density at radius 1 is 1.62 bits per heavy atom. The van der Waals surface area contributed by atoms with Crippen LogP contribution in [0.4, 0.5) is 0 Å². The minimum Gasteiger partial charge on any atom is -0.496 e. The van der Waals surface area contributed by atoms with E-state index < -0.39 is 0 Å². The average molecular weight is 221 g/mol. The molecule has 0 bridgehead atoms. The third kappa shape index (κ3) is 2.27. The van der Waals surface area contributed by atoms with Crippen LogP contribution in [0.15, 0.2) is 24.2 Å². The Hall–Kier alpha value is -1.29. The number of aromatic nitrogens is 2. The Bertz CT molecular complexity index is 370. The highest BCUT2D eigenvalue weighted by atomic mass is 16.5. The fourth-order valence-electron chi connectivity index (χ4n) is 1.90. The number of hydrogen-bond acceptors (Lipinski definition) is 3. The molecule has 0 radical (unpaired) electrons. The molecule has 0 aromatic carbocycles. The van der Waals surface area contributed by atoms with Gasteiger partial charge >= 0.3 is 0 Å². The van der Waals surface area contributed by atoms with Crippen molar-refractivity contribution in [1.29, 1.82) is 0 Å². The fraction of sp³-hybridized carbons (Fsp3) is 0.583. The zero-order valence-corrected chi connectivity index (χ0v) is 9.94. The van der Waals surface area contributed by atoms with E-state index in [1.165, 1.54) is 0 Å². The molecule has 88 valence electrons. The van der Waals surface area contributed by atoms with Gasteiger partial charge in [0.05, 0.1) is 6.61 Å². The SMILES string of the molecule is CCCNC(C1=CCCO1)c1nccn1C. The van der Waals surface area contributed by atoms with Crippen LogP contribution in [0.2, 0.25) is 0 Å². The summed E-state index contributed by atoms with van der Waals surface area (Å²) in [6.07, 6.45) is 8.05. The van der Waals surface area contributed by atoms with E-state index in [1.807, 2.05) is 24.0 Å². The molecule has 1 aromatic heterocycles. The molecule has 1 aromatic rings. The van der Waals surface area contributed by atoms with E-state index in [2.05, 4.69) is 23.3 Å². The molecule has 0 saturated heterocycles. The van der Waals surface area contributed by atoms with Gasteiger partial charge in [0.25, 0.3) is 0 Å². The van der Waals surface area contributed by atoms with Crippen molar-refractivity contribution in [3.63, 3.8) is 0 Å². The molecular formula is C12H19N3O. The van der Waals surface area contributed by atoms with Crippen LogP contribution in [0.25, 0.3) is 0 Å². The number of nitrogens with one attached hydrogen (secondary N) is 1. The van der Waals surface area contributed by atoms with E-state index in [4.69, 9.17) is 4.74 Å². The topological polar surface area (TPSA) is 39.1 Å². The predicted octanol–water partition coefficient (Wildman–Crippen LogP) is 1.76. The van der Waals surface area contributed by atoms with Crippen LogP contribution in [0.1, 0.15) is 31.6 Å². The molecule has 2 heterocycles. The van der Waals surface area contributed by atoms with Crippen molar-refractivity contribution >= 4 is 0 Å². The second kappa shape index (κ2) is 5.16. The third-order valence-electron chi connectivity index (χ3n) is 2.73. The maximum absolute atomic E-state index is 5.64. The highest BCUT2D eigenvalue weighted by molar-refractivity contribution is 5.16. The van der Waals surface area contributed by atoms with Crippen molar-refractivity contribution < 1.29 is 4.74 Å². The Balaban J connectivity index is 2.17. The van der Waals surface area contributed by atoms with Gasteiger partial charge in [0.15, 0.2) is 0 Å². The first-order chi connectivity index (χ1) is 7.83. The van der Waals surface area contributed by atoms with Gasteiger partial charge in [0, 0.05) is 25.9 Å². The molecule has 4 heteroatoms. The highest BCUT2D eigenvalue weighted by Gasteiger charge is 2.23. The summed E-state index contributed by atoms with van der Waals surface area (Å²) < 4.78 is 7.67. The monoisotopic (exact) mass is 221 g/mol. The maximum atomic E-state index is 5.64. The van der Waals surface area contributed by atoms with Crippen molar-refractivity contribution in [1.82, 2.24) is 14.9 Å². The van der Waals surface area contributed by atoms with Gasteiger partial charge in [-0.05, 0) is 19.0 Å². The van der Waals surface area contributed by atoms with Crippen LogP contribution in [-0.2, 0) is 11.8 Å². The minimum absolute atomic E-state index is 0.0995.